The Bertz CT molecular complexity index is 480. The van der Waals surface area contributed by atoms with E-state index in [4.69, 9.17) is 4.74 Å². The van der Waals surface area contributed by atoms with E-state index in [1.165, 1.54) is 0 Å². The van der Waals surface area contributed by atoms with Gasteiger partial charge in [-0.1, -0.05) is 6.07 Å². The highest BCUT2D eigenvalue weighted by Crippen LogP contribution is 2.47. The van der Waals surface area contributed by atoms with E-state index in [2.05, 4.69) is 32.7 Å². The van der Waals surface area contributed by atoms with Gasteiger partial charge in [-0.3, -0.25) is 4.98 Å². The molecule has 0 spiro atoms. The highest BCUT2D eigenvalue weighted by molar-refractivity contribution is 5.25. The van der Waals surface area contributed by atoms with Crippen LogP contribution in [0.2, 0.25) is 0 Å². The molecule has 3 nitrogen and oxygen atoms in total. The van der Waals surface area contributed by atoms with Gasteiger partial charge in [0.05, 0.1) is 17.3 Å². The molecule has 1 aromatic rings. The van der Waals surface area contributed by atoms with Crippen LogP contribution in [0.4, 0.5) is 0 Å². The van der Waals surface area contributed by atoms with Crippen molar-refractivity contribution in [3.8, 4) is 0 Å². The van der Waals surface area contributed by atoms with Gasteiger partial charge in [-0.2, -0.15) is 0 Å². The predicted octanol–water partition coefficient (Wildman–Crippen LogP) is 3.33. The number of aliphatic hydroxyl groups excluding tert-OH is 1. The summed E-state index contributed by atoms with van der Waals surface area (Å²) in [6.07, 6.45) is 0.332. The maximum atomic E-state index is 10.7. The minimum absolute atomic E-state index is 0.0886. The smallest absolute Gasteiger partial charge is 0.0864 e. The number of hydrogen-bond donors (Lipinski definition) is 1. The second-order valence-electron chi connectivity index (χ2n) is 6.85. The lowest BCUT2D eigenvalue weighted by Gasteiger charge is -2.30. The molecule has 3 heteroatoms. The van der Waals surface area contributed by atoms with Gasteiger partial charge in [0.1, 0.15) is 0 Å². The van der Waals surface area contributed by atoms with Gasteiger partial charge in [0.25, 0.3) is 0 Å². The highest BCUT2D eigenvalue weighted by atomic mass is 16.5. The maximum absolute atomic E-state index is 10.7. The van der Waals surface area contributed by atoms with E-state index in [0.29, 0.717) is 0 Å². The second kappa shape index (κ2) is 4.57. The van der Waals surface area contributed by atoms with E-state index in [1.807, 2.05) is 26.0 Å². The summed E-state index contributed by atoms with van der Waals surface area (Å²) in [6.45, 7) is 12.2. The molecule has 0 aromatic carbocycles. The number of aromatic nitrogens is 1. The second-order valence-corrected chi connectivity index (χ2v) is 6.85. The Morgan fingerprint density at radius 1 is 1.26 bits per heavy atom. The first kappa shape index (κ1) is 14.5. The van der Waals surface area contributed by atoms with E-state index in [0.717, 1.165) is 23.4 Å². The van der Waals surface area contributed by atoms with Crippen molar-refractivity contribution in [3.05, 3.63) is 29.1 Å². The van der Waals surface area contributed by atoms with Gasteiger partial charge in [0, 0.05) is 22.9 Å². The van der Waals surface area contributed by atoms with Gasteiger partial charge in [0.15, 0.2) is 0 Å². The van der Waals surface area contributed by atoms with Crippen LogP contribution in [-0.2, 0) is 4.74 Å². The predicted molar refractivity (Wildman–Crippen MR) is 76.0 cm³/mol. The van der Waals surface area contributed by atoms with Crippen LogP contribution in [0.1, 0.15) is 57.2 Å². The minimum atomic E-state index is -0.523. The van der Waals surface area contributed by atoms with Crippen LogP contribution < -0.4 is 0 Å². The van der Waals surface area contributed by atoms with Crippen LogP contribution in [-0.4, -0.2) is 21.3 Å². The molecule has 0 bridgehead atoms. The Kier molecular flexibility index (Phi) is 3.48. The first-order chi connectivity index (χ1) is 8.62. The third kappa shape index (κ3) is 2.82. The number of hydrogen-bond acceptors (Lipinski definition) is 3. The summed E-state index contributed by atoms with van der Waals surface area (Å²) in [4.78, 5) is 4.45. The molecule has 2 atom stereocenters. The molecule has 1 N–H and O–H groups in total. The lowest BCUT2D eigenvalue weighted by Crippen LogP contribution is -2.33. The first-order valence-electron chi connectivity index (χ1n) is 6.95. The summed E-state index contributed by atoms with van der Waals surface area (Å²) in [7, 11) is 0. The third-order valence-electron chi connectivity index (χ3n) is 4.11. The number of aryl methyl sites for hydroxylation is 2. The summed E-state index contributed by atoms with van der Waals surface area (Å²) in [6, 6.07) is 3.95. The molecule has 1 saturated heterocycles. The Balaban J connectivity index is 2.31. The molecule has 0 amide bonds. The van der Waals surface area contributed by atoms with Gasteiger partial charge in [-0.15, -0.1) is 0 Å². The van der Waals surface area contributed by atoms with Crippen molar-refractivity contribution in [2.45, 2.75) is 65.3 Å². The molecule has 0 saturated carbocycles. The Hall–Kier alpha value is -0.930. The van der Waals surface area contributed by atoms with Gasteiger partial charge < -0.3 is 9.84 Å². The maximum Gasteiger partial charge on any atom is 0.0864 e. The molecule has 0 radical (unpaired) electrons. The molecule has 2 heterocycles. The minimum Gasteiger partial charge on any atom is -0.388 e. The summed E-state index contributed by atoms with van der Waals surface area (Å²) in [5.41, 5.74) is 2.32. The quantitative estimate of drug-likeness (QED) is 0.890. The third-order valence-corrected chi connectivity index (χ3v) is 4.11. The average Bonchev–Trinajstić information content (AvgIpc) is 2.45. The fourth-order valence-electron chi connectivity index (χ4n) is 3.32. The topological polar surface area (TPSA) is 42.4 Å². The molecule has 106 valence electrons. The number of pyridine rings is 1. The van der Waals surface area contributed by atoms with E-state index < -0.39 is 6.10 Å². The standard InChI is InChI=1S/C16H25NO2/c1-10-7-8-12(11(2)17-10)14(18)13-9-15(3,4)19-16(13,5)6/h7-8,13-14,18H,9H2,1-6H3. The van der Waals surface area contributed by atoms with Crippen molar-refractivity contribution in [3.63, 3.8) is 0 Å². The summed E-state index contributed by atoms with van der Waals surface area (Å²) >= 11 is 0. The summed E-state index contributed by atoms with van der Waals surface area (Å²) in [5.74, 6) is 0.0886. The number of nitrogens with zero attached hydrogens (tertiary/aromatic N) is 1. The van der Waals surface area contributed by atoms with Gasteiger partial charge in [-0.25, -0.2) is 0 Å². The van der Waals surface area contributed by atoms with Crippen LogP contribution in [0.15, 0.2) is 12.1 Å². The molecule has 1 fully saturated rings. The molecule has 1 aliphatic heterocycles. The zero-order valence-electron chi connectivity index (χ0n) is 12.8. The lowest BCUT2D eigenvalue weighted by atomic mass is 9.80. The number of ether oxygens (including phenoxy) is 1. The van der Waals surface area contributed by atoms with Crippen molar-refractivity contribution in [1.82, 2.24) is 4.98 Å². The first-order valence-corrected chi connectivity index (χ1v) is 6.95. The fourth-order valence-corrected chi connectivity index (χ4v) is 3.32. The van der Waals surface area contributed by atoms with Crippen molar-refractivity contribution >= 4 is 0 Å². The Labute approximate surface area is 116 Å². The molecule has 1 aromatic heterocycles. The van der Waals surface area contributed by atoms with E-state index in [-0.39, 0.29) is 17.1 Å². The monoisotopic (exact) mass is 263 g/mol. The van der Waals surface area contributed by atoms with Crippen molar-refractivity contribution < 1.29 is 9.84 Å². The summed E-state index contributed by atoms with van der Waals surface area (Å²) < 4.78 is 6.07. The lowest BCUT2D eigenvalue weighted by molar-refractivity contribution is -0.0881. The molecule has 1 aliphatic rings. The normalized spacial score (nSPS) is 26.4. The summed E-state index contributed by atoms with van der Waals surface area (Å²) in [5, 5.41) is 10.7. The van der Waals surface area contributed by atoms with Gasteiger partial charge >= 0.3 is 0 Å². The van der Waals surface area contributed by atoms with Crippen LogP contribution in [0, 0.1) is 19.8 Å². The SMILES string of the molecule is Cc1ccc(C(O)C2CC(C)(C)OC2(C)C)c(C)n1. The zero-order chi connectivity index (χ0) is 14.4. The van der Waals surface area contributed by atoms with Crippen LogP contribution >= 0.6 is 0 Å². The van der Waals surface area contributed by atoms with E-state index in [9.17, 15) is 5.11 Å². The van der Waals surface area contributed by atoms with Gasteiger partial charge in [-0.05, 0) is 54.0 Å². The van der Waals surface area contributed by atoms with Gasteiger partial charge in [0.2, 0.25) is 0 Å². The Morgan fingerprint density at radius 3 is 2.37 bits per heavy atom. The van der Waals surface area contributed by atoms with Crippen LogP contribution in [0.3, 0.4) is 0 Å². The van der Waals surface area contributed by atoms with Crippen molar-refractivity contribution in [2.75, 3.05) is 0 Å². The molecule has 19 heavy (non-hydrogen) atoms. The molecule has 2 unspecified atom stereocenters. The number of aliphatic hydroxyl groups is 1. The van der Waals surface area contributed by atoms with E-state index in [1.54, 1.807) is 0 Å². The van der Waals surface area contributed by atoms with E-state index >= 15 is 0 Å². The largest absolute Gasteiger partial charge is 0.388 e. The zero-order valence-corrected chi connectivity index (χ0v) is 12.8. The average molecular weight is 263 g/mol. The molecular weight excluding hydrogens is 238 g/mol. The molecular formula is C16H25NO2. The molecule has 2 rings (SSSR count). The van der Waals surface area contributed by atoms with Crippen molar-refractivity contribution in [1.29, 1.82) is 0 Å². The van der Waals surface area contributed by atoms with Crippen molar-refractivity contribution in [2.24, 2.45) is 5.92 Å². The molecule has 0 aliphatic carbocycles. The Morgan fingerprint density at radius 2 is 1.89 bits per heavy atom. The fraction of sp³-hybridized carbons (Fsp3) is 0.688. The highest BCUT2D eigenvalue weighted by Gasteiger charge is 2.49. The van der Waals surface area contributed by atoms with Crippen LogP contribution in [0.5, 0.6) is 0 Å². The van der Waals surface area contributed by atoms with Crippen LogP contribution in [0.25, 0.3) is 0 Å². The number of rotatable bonds is 2.